The molecule has 0 saturated heterocycles. The van der Waals surface area contributed by atoms with Crippen LogP contribution in [0.5, 0.6) is 5.75 Å². The van der Waals surface area contributed by atoms with Crippen LogP contribution >= 0.6 is 0 Å². The number of anilines is 2. The molecule has 0 aromatic heterocycles. The minimum absolute atomic E-state index is 0.259. The Kier molecular flexibility index (Phi) is 8.40. The summed E-state index contributed by atoms with van der Waals surface area (Å²) in [6.07, 6.45) is 1.03. The van der Waals surface area contributed by atoms with Crippen LogP contribution in [-0.2, 0) is 19.6 Å². The second-order valence-electron chi connectivity index (χ2n) is 6.72. The second-order valence-corrected chi connectivity index (χ2v) is 8.58. The fraction of sp³-hybridized carbons (Fsp3) is 0.333. The highest BCUT2D eigenvalue weighted by Gasteiger charge is 2.29. The van der Waals surface area contributed by atoms with E-state index in [-0.39, 0.29) is 17.2 Å². The van der Waals surface area contributed by atoms with E-state index in [1.165, 1.54) is 21.1 Å². The Morgan fingerprint density at radius 1 is 1.06 bits per heavy atom. The Morgan fingerprint density at radius 2 is 1.71 bits per heavy atom. The van der Waals surface area contributed by atoms with Gasteiger partial charge in [-0.05, 0) is 43.3 Å². The predicted octanol–water partition coefficient (Wildman–Crippen LogP) is 1.86. The zero-order valence-corrected chi connectivity index (χ0v) is 18.7. The molecule has 0 radical (unpaired) electrons. The third-order valence-electron chi connectivity index (χ3n) is 4.44. The number of methoxy groups -OCH3 is 2. The number of sulfonamides is 1. The summed E-state index contributed by atoms with van der Waals surface area (Å²) in [5.74, 6) is -0.406. The van der Waals surface area contributed by atoms with Crippen molar-refractivity contribution in [3.63, 3.8) is 0 Å². The van der Waals surface area contributed by atoms with Gasteiger partial charge in [0.2, 0.25) is 15.9 Å². The lowest BCUT2D eigenvalue weighted by atomic mass is 10.1. The van der Waals surface area contributed by atoms with E-state index in [4.69, 9.17) is 9.47 Å². The SMILES string of the molecule is COCCNC(=O)c1ccccc1NC(=O)[C@@H](C)N(c1ccc(OC)cc1)S(C)(=O)=O. The summed E-state index contributed by atoms with van der Waals surface area (Å²) < 4.78 is 35.9. The first-order chi connectivity index (χ1) is 14.7. The van der Waals surface area contributed by atoms with Gasteiger partial charge in [-0.15, -0.1) is 0 Å². The predicted molar refractivity (Wildman–Crippen MR) is 119 cm³/mol. The van der Waals surface area contributed by atoms with E-state index >= 15 is 0 Å². The molecule has 0 aliphatic rings. The number of nitrogens with one attached hydrogen (secondary N) is 2. The van der Waals surface area contributed by atoms with Gasteiger partial charge in [0.1, 0.15) is 11.8 Å². The summed E-state index contributed by atoms with van der Waals surface area (Å²) in [4.78, 5) is 25.4. The fourth-order valence-corrected chi connectivity index (χ4v) is 4.10. The van der Waals surface area contributed by atoms with E-state index in [1.807, 2.05) is 0 Å². The molecule has 2 rings (SSSR count). The molecule has 0 heterocycles. The van der Waals surface area contributed by atoms with Gasteiger partial charge in [0.25, 0.3) is 5.91 Å². The van der Waals surface area contributed by atoms with Crippen LogP contribution in [0.15, 0.2) is 48.5 Å². The highest BCUT2D eigenvalue weighted by atomic mass is 32.2. The van der Waals surface area contributed by atoms with Crippen molar-refractivity contribution in [1.29, 1.82) is 0 Å². The number of rotatable bonds is 10. The zero-order valence-electron chi connectivity index (χ0n) is 17.9. The fourth-order valence-electron chi connectivity index (χ4n) is 2.93. The number of carbonyl (C=O) groups is 2. The quantitative estimate of drug-likeness (QED) is 0.535. The summed E-state index contributed by atoms with van der Waals surface area (Å²) in [5.41, 5.74) is 0.850. The lowest BCUT2D eigenvalue weighted by Crippen LogP contribution is -2.45. The molecule has 2 N–H and O–H groups in total. The van der Waals surface area contributed by atoms with Gasteiger partial charge in [0.05, 0.1) is 36.9 Å². The van der Waals surface area contributed by atoms with E-state index in [9.17, 15) is 18.0 Å². The molecule has 0 spiro atoms. The molecule has 0 fully saturated rings. The summed E-state index contributed by atoms with van der Waals surface area (Å²) in [5, 5.41) is 5.36. The van der Waals surface area contributed by atoms with Crippen molar-refractivity contribution in [1.82, 2.24) is 5.32 Å². The molecule has 0 bridgehead atoms. The summed E-state index contributed by atoms with van der Waals surface area (Å²) in [6, 6.07) is 11.7. The van der Waals surface area contributed by atoms with Crippen LogP contribution in [0.4, 0.5) is 11.4 Å². The summed E-state index contributed by atoms with van der Waals surface area (Å²) in [6.45, 7) is 2.14. The average Bonchev–Trinajstić information content (AvgIpc) is 2.73. The minimum Gasteiger partial charge on any atom is -0.497 e. The molecular formula is C21H27N3O6S. The molecule has 31 heavy (non-hydrogen) atoms. The molecule has 2 aromatic carbocycles. The first-order valence-electron chi connectivity index (χ1n) is 9.49. The topological polar surface area (TPSA) is 114 Å². The normalized spacial score (nSPS) is 12.0. The highest BCUT2D eigenvalue weighted by molar-refractivity contribution is 7.92. The number of nitrogens with zero attached hydrogens (tertiary/aromatic N) is 1. The molecule has 9 nitrogen and oxygen atoms in total. The van der Waals surface area contributed by atoms with Crippen LogP contribution in [0.2, 0.25) is 0 Å². The third kappa shape index (κ3) is 6.43. The van der Waals surface area contributed by atoms with Crippen molar-refractivity contribution in [2.45, 2.75) is 13.0 Å². The Bertz CT molecular complexity index is 1010. The van der Waals surface area contributed by atoms with Gasteiger partial charge in [-0.25, -0.2) is 8.42 Å². The van der Waals surface area contributed by atoms with Gasteiger partial charge in [-0.1, -0.05) is 12.1 Å². The van der Waals surface area contributed by atoms with E-state index in [0.29, 0.717) is 24.6 Å². The maximum absolute atomic E-state index is 12.9. The Morgan fingerprint density at radius 3 is 2.29 bits per heavy atom. The van der Waals surface area contributed by atoms with Crippen LogP contribution in [-0.4, -0.2) is 59.9 Å². The number of carbonyl (C=O) groups excluding carboxylic acids is 2. The molecule has 0 saturated carbocycles. The van der Waals surface area contributed by atoms with Crippen molar-refractivity contribution in [3.05, 3.63) is 54.1 Å². The monoisotopic (exact) mass is 449 g/mol. The van der Waals surface area contributed by atoms with Gasteiger partial charge in [0, 0.05) is 13.7 Å². The van der Waals surface area contributed by atoms with Gasteiger partial charge in [0.15, 0.2) is 0 Å². The van der Waals surface area contributed by atoms with Crippen molar-refractivity contribution < 1.29 is 27.5 Å². The zero-order chi connectivity index (χ0) is 23.0. The van der Waals surface area contributed by atoms with Crippen LogP contribution in [0, 0.1) is 0 Å². The highest BCUT2D eigenvalue weighted by Crippen LogP contribution is 2.25. The number of benzene rings is 2. The van der Waals surface area contributed by atoms with Crippen LogP contribution in [0.1, 0.15) is 17.3 Å². The van der Waals surface area contributed by atoms with E-state index < -0.39 is 22.0 Å². The summed E-state index contributed by atoms with van der Waals surface area (Å²) >= 11 is 0. The first kappa shape index (κ1) is 24.2. The largest absolute Gasteiger partial charge is 0.497 e. The molecule has 168 valence electrons. The van der Waals surface area contributed by atoms with E-state index in [0.717, 1.165) is 10.6 Å². The average molecular weight is 450 g/mol. The molecule has 10 heteroatoms. The smallest absolute Gasteiger partial charge is 0.253 e. The lowest BCUT2D eigenvalue weighted by molar-refractivity contribution is -0.116. The minimum atomic E-state index is -3.78. The molecule has 0 unspecified atom stereocenters. The molecule has 2 aromatic rings. The molecule has 2 amide bonds. The van der Waals surface area contributed by atoms with Crippen LogP contribution in [0.25, 0.3) is 0 Å². The number of ether oxygens (including phenoxy) is 2. The van der Waals surface area contributed by atoms with Gasteiger partial charge < -0.3 is 20.1 Å². The van der Waals surface area contributed by atoms with E-state index in [1.54, 1.807) is 48.5 Å². The lowest BCUT2D eigenvalue weighted by Gasteiger charge is -2.28. The van der Waals surface area contributed by atoms with Gasteiger partial charge in [-0.2, -0.15) is 0 Å². The van der Waals surface area contributed by atoms with Crippen LogP contribution < -0.4 is 19.7 Å². The van der Waals surface area contributed by atoms with Crippen molar-refractivity contribution in [2.24, 2.45) is 0 Å². The first-order valence-corrected chi connectivity index (χ1v) is 11.3. The van der Waals surface area contributed by atoms with E-state index in [2.05, 4.69) is 10.6 Å². The maximum Gasteiger partial charge on any atom is 0.253 e. The standard InChI is InChI=1S/C21H27N3O6S/c1-15(24(31(4,27)28)16-9-11-17(30-3)12-10-16)20(25)23-19-8-6-5-7-18(19)21(26)22-13-14-29-2/h5-12,15H,13-14H2,1-4H3,(H,22,26)(H,23,25)/t15-/m1/s1. The Balaban J connectivity index is 2.26. The Labute approximate surface area is 182 Å². The van der Waals surface area contributed by atoms with Gasteiger partial charge >= 0.3 is 0 Å². The third-order valence-corrected chi connectivity index (χ3v) is 5.68. The van der Waals surface area contributed by atoms with Crippen LogP contribution in [0.3, 0.4) is 0 Å². The van der Waals surface area contributed by atoms with Crippen molar-refractivity contribution in [3.8, 4) is 5.75 Å². The Hall–Kier alpha value is -3.11. The van der Waals surface area contributed by atoms with Gasteiger partial charge in [-0.3, -0.25) is 13.9 Å². The maximum atomic E-state index is 12.9. The number of hydrogen-bond acceptors (Lipinski definition) is 6. The number of hydrogen-bond donors (Lipinski definition) is 2. The number of para-hydroxylation sites is 1. The molecule has 1 atom stereocenters. The number of amides is 2. The molecular weight excluding hydrogens is 422 g/mol. The molecule has 0 aliphatic heterocycles. The summed E-state index contributed by atoms with van der Waals surface area (Å²) in [7, 11) is -0.749. The second kappa shape index (κ2) is 10.8. The van der Waals surface area contributed by atoms with Crippen molar-refractivity contribution >= 4 is 33.2 Å². The molecule has 0 aliphatic carbocycles. The van der Waals surface area contributed by atoms with Crippen molar-refractivity contribution in [2.75, 3.05) is 43.2 Å².